The van der Waals surface area contributed by atoms with Gasteiger partial charge in [0.2, 0.25) is 0 Å². The average molecular weight is 347 g/mol. The number of carboxylic acids is 1. The molecule has 0 fully saturated rings. The highest BCUT2D eigenvalue weighted by molar-refractivity contribution is 9.10. The summed E-state index contributed by atoms with van der Waals surface area (Å²) in [6.45, 7) is 1.97. The van der Waals surface area contributed by atoms with Crippen LogP contribution in [0, 0.1) is 11.7 Å². The standard InChI is InChI=1S/C13H16BrFN2O3/c1-8(12(18)19)3-2-6-16-13(20)17-11-7-9(15)4-5-10(11)14/h4-5,7-8H,2-3,6H2,1H3,(H,18,19)(H2,16,17,20). The zero-order valence-electron chi connectivity index (χ0n) is 11.0. The summed E-state index contributed by atoms with van der Waals surface area (Å²) in [4.78, 5) is 22.2. The molecule has 7 heteroatoms. The van der Waals surface area contributed by atoms with Gasteiger partial charge in [-0.25, -0.2) is 9.18 Å². The van der Waals surface area contributed by atoms with Crippen LogP contribution in [0.3, 0.4) is 0 Å². The molecule has 0 heterocycles. The Kier molecular flexibility index (Phi) is 6.44. The summed E-state index contributed by atoms with van der Waals surface area (Å²) in [7, 11) is 0. The second-order valence-electron chi connectivity index (χ2n) is 4.39. The van der Waals surface area contributed by atoms with E-state index in [9.17, 15) is 14.0 Å². The molecule has 3 N–H and O–H groups in total. The number of nitrogens with one attached hydrogen (secondary N) is 2. The fourth-order valence-corrected chi connectivity index (χ4v) is 1.84. The van der Waals surface area contributed by atoms with Crippen LogP contribution >= 0.6 is 15.9 Å². The van der Waals surface area contributed by atoms with Crippen LogP contribution in [0.2, 0.25) is 0 Å². The highest BCUT2D eigenvalue weighted by Crippen LogP contribution is 2.22. The average Bonchev–Trinajstić information content (AvgIpc) is 2.38. The van der Waals surface area contributed by atoms with Crippen LogP contribution in [0.25, 0.3) is 0 Å². The van der Waals surface area contributed by atoms with Crippen molar-refractivity contribution in [1.29, 1.82) is 0 Å². The number of benzene rings is 1. The summed E-state index contributed by atoms with van der Waals surface area (Å²) in [6, 6.07) is 3.52. The highest BCUT2D eigenvalue weighted by Gasteiger charge is 2.10. The van der Waals surface area contributed by atoms with Crippen molar-refractivity contribution in [2.75, 3.05) is 11.9 Å². The van der Waals surface area contributed by atoms with Gasteiger partial charge in [0.05, 0.1) is 11.6 Å². The number of urea groups is 1. The topological polar surface area (TPSA) is 78.4 Å². The second kappa shape index (κ2) is 7.84. The van der Waals surface area contributed by atoms with Gasteiger partial charge >= 0.3 is 12.0 Å². The number of anilines is 1. The molecule has 0 aromatic heterocycles. The molecule has 0 radical (unpaired) electrons. The third kappa shape index (κ3) is 5.56. The third-order valence-corrected chi connectivity index (χ3v) is 3.39. The minimum absolute atomic E-state index is 0.335. The molecule has 20 heavy (non-hydrogen) atoms. The van der Waals surface area contributed by atoms with E-state index in [1.54, 1.807) is 6.92 Å². The predicted octanol–water partition coefficient (Wildman–Crippen LogP) is 3.21. The maximum atomic E-state index is 13.0. The first-order valence-electron chi connectivity index (χ1n) is 6.13. The van der Waals surface area contributed by atoms with E-state index in [0.29, 0.717) is 29.5 Å². The molecule has 1 rings (SSSR count). The number of carboxylic acid groups (broad SMARTS) is 1. The predicted molar refractivity (Wildman–Crippen MR) is 77.2 cm³/mol. The van der Waals surface area contributed by atoms with Gasteiger partial charge in [-0.15, -0.1) is 0 Å². The Morgan fingerprint density at radius 3 is 2.80 bits per heavy atom. The molecular formula is C13H16BrFN2O3. The zero-order valence-corrected chi connectivity index (χ0v) is 12.5. The van der Waals surface area contributed by atoms with E-state index < -0.39 is 23.7 Å². The van der Waals surface area contributed by atoms with Crippen molar-refractivity contribution in [2.24, 2.45) is 5.92 Å². The molecular weight excluding hydrogens is 331 g/mol. The zero-order chi connectivity index (χ0) is 15.1. The maximum absolute atomic E-state index is 13.0. The van der Waals surface area contributed by atoms with E-state index in [4.69, 9.17) is 5.11 Å². The summed E-state index contributed by atoms with van der Waals surface area (Å²) < 4.78 is 13.6. The van der Waals surface area contributed by atoms with Crippen LogP contribution in [0.4, 0.5) is 14.9 Å². The van der Waals surface area contributed by atoms with Crippen molar-refractivity contribution in [3.63, 3.8) is 0 Å². The van der Waals surface area contributed by atoms with Crippen LogP contribution in [0.1, 0.15) is 19.8 Å². The molecule has 0 aliphatic rings. The molecule has 1 atom stereocenters. The Morgan fingerprint density at radius 1 is 1.45 bits per heavy atom. The van der Waals surface area contributed by atoms with Crippen molar-refractivity contribution >= 4 is 33.6 Å². The Bertz CT molecular complexity index is 497. The number of rotatable bonds is 6. The minimum atomic E-state index is -0.849. The molecule has 2 amide bonds. The summed E-state index contributed by atoms with van der Waals surface area (Å²) in [6.07, 6.45) is 1.05. The Morgan fingerprint density at radius 2 is 2.15 bits per heavy atom. The van der Waals surface area contributed by atoms with E-state index in [0.717, 1.165) is 0 Å². The number of halogens is 2. The lowest BCUT2D eigenvalue weighted by Crippen LogP contribution is -2.30. The van der Waals surface area contributed by atoms with Crippen molar-refractivity contribution in [3.05, 3.63) is 28.5 Å². The molecule has 0 saturated carbocycles. The molecule has 5 nitrogen and oxygen atoms in total. The molecule has 110 valence electrons. The number of hydrogen-bond acceptors (Lipinski definition) is 2. The molecule has 0 bridgehead atoms. The first-order valence-corrected chi connectivity index (χ1v) is 6.92. The van der Waals surface area contributed by atoms with Gasteiger partial charge in [0, 0.05) is 11.0 Å². The van der Waals surface area contributed by atoms with Crippen molar-refractivity contribution in [3.8, 4) is 0 Å². The van der Waals surface area contributed by atoms with Gasteiger partial charge in [-0.1, -0.05) is 6.92 Å². The highest BCUT2D eigenvalue weighted by atomic mass is 79.9. The monoisotopic (exact) mass is 346 g/mol. The van der Waals surface area contributed by atoms with Crippen molar-refractivity contribution in [1.82, 2.24) is 5.32 Å². The van der Waals surface area contributed by atoms with Crippen LogP contribution < -0.4 is 10.6 Å². The molecule has 0 aliphatic heterocycles. The lowest BCUT2D eigenvalue weighted by atomic mass is 10.1. The SMILES string of the molecule is CC(CCCNC(=O)Nc1cc(F)ccc1Br)C(=O)O. The minimum Gasteiger partial charge on any atom is -0.481 e. The van der Waals surface area contributed by atoms with E-state index >= 15 is 0 Å². The second-order valence-corrected chi connectivity index (χ2v) is 5.24. The number of carbonyl (C=O) groups is 2. The van der Waals surface area contributed by atoms with Gasteiger partial charge in [-0.05, 0) is 47.0 Å². The molecule has 0 spiro atoms. The molecule has 1 unspecified atom stereocenters. The lowest BCUT2D eigenvalue weighted by Gasteiger charge is -2.10. The summed E-state index contributed by atoms with van der Waals surface area (Å²) in [5, 5.41) is 13.8. The van der Waals surface area contributed by atoms with E-state index in [1.165, 1.54) is 18.2 Å². The third-order valence-electron chi connectivity index (χ3n) is 2.70. The van der Waals surface area contributed by atoms with Crippen molar-refractivity contribution < 1.29 is 19.1 Å². The van der Waals surface area contributed by atoms with Gasteiger partial charge in [0.1, 0.15) is 5.82 Å². The Labute approximate surface area is 124 Å². The van der Waals surface area contributed by atoms with Gasteiger partial charge in [-0.3, -0.25) is 4.79 Å². The van der Waals surface area contributed by atoms with Crippen LogP contribution in [0.5, 0.6) is 0 Å². The Balaban J connectivity index is 2.34. The normalized spacial score (nSPS) is 11.8. The first kappa shape index (κ1) is 16.4. The fraction of sp³-hybridized carbons (Fsp3) is 0.385. The fourth-order valence-electron chi connectivity index (χ4n) is 1.49. The lowest BCUT2D eigenvalue weighted by molar-refractivity contribution is -0.141. The van der Waals surface area contributed by atoms with E-state index in [2.05, 4.69) is 26.6 Å². The summed E-state index contributed by atoms with van der Waals surface area (Å²) in [5.74, 6) is -1.73. The number of hydrogen-bond donors (Lipinski definition) is 3. The van der Waals surface area contributed by atoms with Crippen LogP contribution in [0.15, 0.2) is 22.7 Å². The van der Waals surface area contributed by atoms with Gasteiger partial charge < -0.3 is 15.7 Å². The smallest absolute Gasteiger partial charge is 0.319 e. The molecule has 0 aliphatic carbocycles. The van der Waals surface area contributed by atoms with Crippen LogP contribution in [-0.4, -0.2) is 23.7 Å². The number of amides is 2. The van der Waals surface area contributed by atoms with Gasteiger partial charge in [0.25, 0.3) is 0 Å². The maximum Gasteiger partial charge on any atom is 0.319 e. The number of carbonyl (C=O) groups excluding carboxylic acids is 1. The molecule has 1 aromatic rings. The summed E-state index contributed by atoms with van der Waals surface area (Å²) in [5.41, 5.74) is 0.335. The molecule has 1 aromatic carbocycles. The Hall–Kier alpha value is -1.63. The summed E-state index contributed by atoms with van der Waals surface area (Å²) >= 11 is 3.20. The largest absolute Gasteiger partial charge is 0.481 e. The van der Waals surface area contributed by atoms with E-state index in [1.807, 2.05) is 0 Å². The van der Waals surface area contributed by atoms with Gasteiger partial charge in [0.15, 0.2) is 0 Å². The van der Waals surface area contributed by atoms with Crippen LogP contribution in [-0.2, 0) is 4.79 Å². The quantitative estimate of drug-likeness (QED) is 0.692. The van der Waals surface area contributed by atoms with Crippen molar-refractivity contribution in [2.45, 2.75) is 19.8 Å². The van der Waals surface area contributed by atoms with E-state index in [-0.39, 0.29) is 0 Å². The number of aliphatic carboxylic acids is 1. The molecule has 0 saturated heterocycles. The van der Waals surface area contributed by atoms with Gasteiger partial charge in [-0.2, -0.15) is 0 Å². The first-order chi connectivity index (χ1) is 9.40.